The molecule has 0 aliphatic heterocycles. The molecule has 5 rings (SSSR count). The maximum Gasteiger partial charge on any atom is 0.203 e. The smallest absolute Gasteiger partial charge is 0.203 e. The molecule has 0 radical (unpaired) electrons. The van der Waals surface area contributed by atoms with E-state index in [9.17, 15) is 4.39 Å². The molecule has 6 nitrogen and oxygen atoms in total. The maximum absolute atomic E-state index is 13.9. The molecule has 0 saturated heterocycles. The van der Waals surface area contributed by atoms with Gasteiger partial charge in [0.25, 0.3) is 0 Å². The minimum Gasteiger partial charge on any atom is -0.493 e. The molecule has 0 spiro atoms. The first kappa shape index (κ1) is 22.4. The van der Waals surface area contributed by atoms with E-state index in [1.54, 1.807) is 40.5 Å². The van der Waals surface area contributed by atoms with Gasteiger partial charge < -0.3 is 14.2 Å². The third-order valence-electron chi connectivity index (χ3n) is 6.02. The molecular formula is C28H24FN3O3. The Kier molecular flexibility index (Phi) is 5.82. The number of hydrogen-bond donors (Lipinski definition) is 0. The molecule has 35 heavy (non-hydrogen) atoms. The molecule has 5 aromatic rings. The van der Waals surface area contributed by atoms with Crippen LogP contribution in [0, 0.1) is 12.7 Å². The molecule has 0 fully saturated rings. The summed E-state index contributed by atoms with van der Waals surface area (Å²) in [5.41, 5.74) is 6.63. The van der Waals surface area contributed by atoms with E-state index in [1.165, 1.54) is 6.07 Å². The van der Waals surface area contributed by atoms with Crippen LogP contribution in [-0.4, -0.2) is 35.7 Å². The lowest BCUT2D eigenvalue weighted by Gasteiger charge is -2.14. The van der Waals surface area contributed by atoms with E-state index in [1.807, 2.05) is 59.3 Å². The number of aromatic nitrogens is 3. The van der Waals surface area contributed by atoms with Gasteiger partial charge >= 0.3 is 0 Å². The van der Waals surface area contributed by atoms with Crippen molar-refractivity contribution < 1.29 is 18.6 Å². The first-order valence-corrected chi connectivity index (χ1v) is 11.0. The first-order valence-electron chi connectivity index (χ1n) is 11.0. The topological polar surface area (TPSA) is 57.9 Å². The van der Waals surface area contributed by atoms with Crippen molar-refractivity contribution in [3.05, 3.63) is 84.6 Å². The minimum atomic E-state index is -0.235. The van der Waals surface area contributed by atoms with Crippen LogP contribution in [-0.2, 0) is 0 Å². The van der Waals surface area contributed by atoms with Crippen molar-refractivity contribution in [2.75, 3.05) is 21.3 Å². The number of benzene rings is 2. The lowest BCUT2D eigenvalue weighted by atomic mass is 9.99. The minimum absolute atomic E-state index is 0.235. The number of nitrogens with zero attached hydrogens (tertiary/aromatic N) is 3. The quantitative estimate of drug-likeness (QED) is 0.296. The first-order chi connectivity index (χ1) is 17.0. The van der Waals surface area contributed by atoms with Crippen LogP contribution in [0.15, 0.2) is 73.2 Å². The van der Waals surface area contributed by atoms with Gasteiger partial charge in [-0.3, -0.25) is 9.38 Å². The Labute approximate surface area is 202 Å². The normalized spacial score (nSPS) is 11.0. The van der Waals surface area contributed by atoms with Crippen LogP contribution in [0.25, 0.3) is 39.3 Å². The Hall–Kier alpha value is -4.39. The van der Waals surface area contributed by atoms with Gasteiger partial charge in [-0.2, -0.15) is 0 Å². The lowest BCUT2D eigenvalue weighted by Crippen LogP contribution is -1.97. The van der Waals surface area contributed by atoms with E-state index in [0.717, 1.165) is 39.3 Å². The highest BCUT2D eigenvalue weighted by atomic mass is 19.1. The summed E-state index contributed by atoms with van der Waals surface area (Å²) >= 11 is 0. The SMILES string of the molecule is COc1cc(-c2cnc3ccc(-c4cccnc4-c4ccc(F)c(C)c4)cn23)cc(OC)c1OC. The zero-order valence-corrected chi connectivity index (χ0v) is 19.9. The molecule has 2 aromatic carbocycles. The second kappa shape index (κ2) is 9.10. The van der Waals surface area contributed by atoms with Crippen molar-refractivity contribution in [3.8, 4) is 50.9 Å². The largest absolute Gasteiger partial charge is 0.493 e. The average molecular weight is 470 g/mol. The molecule has 0 aliphatic carbocycles. The molecule has 0 bridgehead atoms. The number of halogens is 1. The van der Waals surface area contributed by atoms with Crippen LogP contribution in [0.3, 0.4) is 0 Å². The number of rotatable bonds is 6. The molecule has 3 heterocycles. The van der Waals surface area contributed by atoms with Crippen molar-refractivity contribution in [1.29, 1.82) is 0 Å². The number of aryl methyl sites for hydroxylation is 1. The van der Waals surface area contributed by atoms with E-state index >= 15 is 0 Å². The van der Waals surface area contributed by atoms with Gasteiger partial charge in [0.15, 0.2) is 11.5 Å². The summed E-state index contributed by atoms with van der Waals surface area (Å²) in [7, 11) is 4.76. The number of imidazole rings is 1. The van der Waals surface area contributed by atoms with E-state index in [2.05, 4.69) is 9.97 Å². The van der Waals surface area contributed by atoms with Crippen LogP contribution < -0.4 is 14.2 Å². The average Bonchev–Trinajstić information content (AvgIpc) is 3.32. The fourth-order valence-electron chi connectivity index (χ4n) is 4.24. The number of ether oxygens (including phenoxy) is 3. The van der Waals surface area contributed by atoms with Crippen LogP contribution in [0.2, 0.25) is 0 Å². The van der Waals surface area contributed by atoms with E-state index in [4.69, 9.17) is 14.2 Å². The number of hydrogen-bond acceptors (Lipinski definition) is 5. The summed E-state index contributed by atoms with van der Waals surface area (Å²) in [6.07, 6.45) is 5.58. The lowest BCUT2D eigenvalue weighted by molar-refractivity contribution is 0.324. The standard InChI is InChI=1S/C28H24FN3O3/c1-17-12-18(7-9-22(17)29)27-21(6-5-11-30-27)19-8-10-26-31-15-23(32(26)16-19)20-13-24(33-2)28(35-4)25(14-20)34-3/h5-16H,1-4H3. The van der Waals surface area contributed by atoms with E-state index in [0.29, 0.717) is 22.8 Å². The zero-order valence-electron chi connectivity index (χ0n) is 19.9. The predicted molar refractivity (Wildman–Crippen MR) is 134 cm³/mol. The summed E-state index contributed by atoms with van der Waals surface area (Å²) in [5, 5.41) is 0. The van der Waals surface area contributed by atoms with Crippen molar-refractivity contribution in [2.24, 2.45) is 0 Å². The molecule has 0 N–H and O–H groups in total. The summed E-state index contributed by atoms with van der Waals surface area (Å²) in [6, 6.07) is 16.7. The van der Waals surface area contributed by atoms with Gasteiger partial charge in [0.2, 0.25) is 5.75 Å². The van der Waals surface area contributed by atoms with E-state index < -0.39 is 0 Å². The summed E-state index contributed by atoms with van der Waals surface area (Å²) in [4.78, 5) is 9.19. The second-order valence-electron chi connectivity index (χ2n) is 8.07. The van der Waals surface area contributed by atoms with Crippen molar-refractivity contribution in [1.82, 2.24) is 14.4 Å². The van der Waals surface area contributed by atoms with Gasteiger partial charge in [0.05, 0.1) is 38.9 Å². The summed E-state index contributed by atoms with van der Waals surface area (Å²) < 4.78 is 32.4. The Morgan fingerprint density at radius 3 is 2.23 bits per heavy atom. The highest BCUT2D eigenvalue weighted by Crippen LogP contribution is 2.41. The number of fused-ring (bicyclic) bond motifs is 1. The zero-order chi connectivity index (χ0) is 24.5. The molecule has 0 unspecified atom stereocenters. The summed E-state index contributed by atoms with van der Waals surface area (Å²) in [5.74, 6) is 1.42. The van der Waals surface area contributed by atoms with Crippen molar-refractivity contribution in [2.45, 2.75) is 6.92 Å². The number of pyridine rings is 2. The van der Waals surface area contributed by atoms with Gasteiger partial charge in [-0.05, 0) is 61.0 Å². The van der Waals surface area contributed by atoms with Crippen LogP contribution >= 0.6 is 0 Å². The molecule has 3 aromatic heterocycles. The fraction of sp³-hybridized carbons (Fsp3) is 0.143. The maximum atomic E-state index is 13.9. The van der Waals surface area contributed by atoms with Crippen LogP contribution in [0.1, 0.15) is 5.56 Å². The predicted octanol–water partition coefficient (Wildman–Crippen LogP) is 6.20. The second-order valence-corrected chi connectivity index (χ2v) is 8.07. The van der Waals surface area contributed by atoms with Gasteiger partial charge in [0.1, 0.15) is 11.5 Å². The third-order valence-corrected chi connectivity index (χ3v) is 6.02. The molecule has 0 saturated carbocycles. The van der Waals surface area contributed by atoms with E-state index in [-0.39, 0.29) is 5.82 Å². The molecular weight excluding hydrogens is 445 g/mol. The highest BCUT2D eigenvalue weighted by molar-refractivity contribution is 5.81. The van der Waals surface area contributed by atoms with Crippen LogP contribution in [0.4, 0.5) is 4.39 Å². The molecule has 7 heteroatoms. The summed E-state index contributed by atoms with van der Waals surface area (Å²) in [6.45, 7) is 1.75. The molecule has 176 valence electrons. The highest BCUT2D eigenvalue weighted by Gasteiger charge is 2.17. The van der Waals surface area contributed by atoms with Crippen LogP contribution in [0.5, 0.6) is 17.2 Å². The Bertz CT molecular complexity index is 1520. The van der Waals surface area contributed by atoms with Crippen molar-refractivity contribution >= 4 is 5.65 Å². The fourth-order valence-corrected chi connectivity index (χ4v) is 4.24. The Morgan fingerprint density at radius 1 is 0.800 bits per heavy atom. The molecule has 0 amide bonds. The monoisotopic (exact) mass is 469 g/mol. The Balaban J connectivity index is 1.67. The number of methoxy groups -OCH3 is 3. The Morgan fingerprint density at radius 2 is 1.54 bits per heavy atom. The van der Waals surface area contributed by atoms with Gasteiger partial charge in [-0.1, -0.05) is 6.07 Å². The third kappa shape index (κ3) is 3.95. The van der Waals surface area contributed by atoms with Crippen molar-refractivity contribution in [3.63, 3.8) is 0 Å². The molecule has 0 atom stereocenters. The van der Waals surface area contributed by atoms with Gasteiger partial charge in [-0.25, -0.2) is 9.37 Å². The van der Waals surface area contributed by atoms with Gasteiger partial charge in [0, 0.05) is 34.6 Å². The van der Waals surface area contributed by atoms with Gasteiger partial charge in [-0.15, -0.1) is 0 Å². The molecule has 0 aliphatic rings.